The molecule has 0 atom stereocenters. The Hall–Kier alpha value is -2.54. The highest BCUT2D eigenvalue weighted by molar-refractivity contribution is 5.90. The second-order valence-electron chi connectivity index (χ2n) is 6.21. The molecule has 0 saturated carbocycles. The first-order chi connectivity index (χ1) is 12.5. The maximum absolute atomic E-state index is 13.8. The number of nitrogens with one attached hydrogen (secondary N) is 1. The molecule has 1 N–H and O–H groups in total. The molecule has 1 amide bonds. The van der Waals surface area contributed by atoms with Gasteiger partial charge in [0.2, 0.25) is 5.91 Å². The highest BCUT2D eigenvalue weighted by Crippen LogP contribution is 2.20. The summed E-state index contributed by atoms with van der Waals surface area (Å²) in [5.74, 6) is -2.43. The van der Waals surface area contributed by atoms with E-state index in [0.29, 0.717) is 25.3 Å². The lowest BCUT2D eigenvalue weighted by Crippen LogP contribution is -2.47. The van der Waals surface area contributed by atoms with Crippen LogP contribution < -0.4 is 10.2 Å². The summed E-state index contributed by atoms with van der Waals surface area (Å²) >= 11 is 0. The fourth-order valence-corrected chi connectivity index (χ4v) is 2.98. The van der Waals surface area contributed by atoms with Crippen molar-refractivity contribution in [1.29, 1.82) is 0 Å². The molecule has 138 valence electrons. The van der Waals surface area contributed by atoms with Crippen molar-refractivity contribution in [2.24, 2.45) is 0 Å². The van der Waals surface area contributed by atoms with E-state index in [4.69, 9.17) is 0 Å². The average Bonchev–Trinajstić information content (AvgIpc) is 2.64. The van der Waals surface area contributed by atoms with E-state index < -0.39 is 11.6 Å². The van der Waals surface area contributed by atoms with E-state index in [-0.39, 0.29) is 23.8 Å². The molecule has 26 heavy (non-hydrogen) atoms. The summed E-state index contributed by atoms with van der Waals surface area (Å²) in [5, 5.41) is 2.56. The summed E-state index contributed by atoms with van der Waals surface area (Å²) in [5.41, 5.74) is 0.835. The summed E-state index contributed by atoms with van der Waals surface area (Å²) in [7, 11) is 0. The number of halogens is 3. The van der Waals surface area contributed by atoms with Crippen LogP contribution >= 0.6 is 0 Å². The number of anilines is 2. The first-order valence-electron chi connectivity index (χ1n) is 8.49. The van der Waals surface area contributed by atoms with Gasteiger partial charge in [-0.25, -0.2) is 13.2 Å². The quantitative estimate of drug-likeness (QED) is 0.886. The van der Waals surface area contributed by atoms with Crippen LogP contribution in [0.3, 0.4) is 0 Å². The summed E-state index contributed by atoms with van der Waals surface area (Å²) in [6.07, 6.45) is 0.249. The molecule has 1 saturated heterocycles. The van der Waals surface area contributed by atoms with E-state index in [9.17, 15) is 18.0 Å². The minimum absolute atomic E-state index is 0.230. The second-order valence-corrected chi connectivity index (χ2v) is 6.21. The molecule has 1 aliphatic heterocycles. The third-order valence-corrected chi connectivity index (χ3v) is 4.42. The smallest absolute Gasteiger partial charge is 0.225 e. The van der Waals surface area contributed by atoms with Crippen LogP contribution in [0.1, 0.15) is 6.42 Å². The van der Waals surface area contributed by atoms with Gasteiger partial charge >= 0.3 is 0 Å². The van der Waals surface area contributed by atoms with Crippen LogP contribution in [0.15, 0.2) is 42.5 Å². The van der Waals surface area contributed by atoms with Gasteiger partial charge in [-0.05, 0) is 24.3 Å². The van der Waals surface area contributed by atoms with E-state index in [1.165, 1.54) is 12.1 Å². The van der Waals surface area contributed by atoms with Gasteiger partial charge in [-0.3, -0.25) is 9.69 Å². The van der Waals surface area contributed by atoms with Crippen LogP contribution in [0.4, 0.5) is 24.5 Å². The second kappa shape index (κ2) is 8.23. The number of hydrogen-bond acceptors (Lipinski definition) is 3. The van der Waals surface area contributed by atoms with Crippen LogP contribution in [-0.2, 0) is 4.79 Å². The van der Waals surface area contributed by atoms with Crippen LogP contribution in [0, 0.1) is 17.5 Å². The largest absolute Gasteiger partial charge is 0.367 e. The van der Waals surface area contributed by atoms with Gasteiger partial charge in [-0.2, -0.15) is 0 Å². The maximum Gasteiger partial charge on any atom is 0.225 e. The first kappa shape index (κ1) is 18.3. The molecule has 7 heteroatoms. The third-order valence-electron chi connectivity index (χ3n) is 4.42. The molecule has 1 heterocycles. The third kappa shape index (κ3) is 4.54. The monoisotopic (exact) mass is 363 g/mol. The highest BCUT2D eigenvalue weighted by Gasteiger charge is 2.19. The number of para-hydroxylation sites is 1. The van der Waals surface area contributed by atoms with Gasteiger partial charge in [0.1, 0.15) is 5.82 Å². The van der Waals surface area contributed by atoms with Crippen LogP contribution in [0.2, 0.25) is 0 Å². The molecule has 0 aliphatic carbocycles. The molecule has 2 aromatic rings. The number of hydrogen-bond donors (Lipinski definition) is 1. The van der Waals surface area contributed by atoms with Gasteiger partial charge < -0.3 is 10.2 Å². The van der Waals surface area contributed by atoms with Crippen molar-refractivity contribution in [3.05, 3.63) is 59.9 Å². The SMILES string of the molecule is O=C(CCN1CCN(c2ccccc2F)CC1)Nc1ccc(F)c(F)c1. The minimum Gasteiger partial charge on any atom is -0.367 e. The molecule has 1 fully saturated rings. The molecule has 1 aliphatic rings. The van der Waals surface area contributed by atoms with Gasteiger partial charge in [0.25, 0.3) is 0 Å². The van der Waals surface area contributed by atoms with E-state index >= 15 is 0 Å². The molecule has 3 rings (SSSR count). The fourth-order valence-electron chi connectivity index (χ4n) is 2.98. The Morgan fingerprint density at radius 1 is 0.923 bits per heavy atom. The van der Waals surface area contributed by atoms with Gasteiger partial charge in [0, 0.05) is 50.9 Å². The van der Waals surface area contributed by atoms with Crippen molar-refractivity contribution in [2.75, 3.05) is 42.9 Å². The Morgan fingerprint density at radius 3 is 2.35 bits per heavy atom. The Labute approximate surface area is 150 Å². The van der Waals surface area contributed by atoms with E-state index in [0.717, 1.165) is 25.2 Å². The Morgan fingerprint density at radius 2 is 1.65 bits per heavy atom. The zero-order chi connectivity index (χ0) is 18.5. The van der Waals surface area contributed by atoms with Crippen LogP contribution in [-0.4, -0.2) is 43.5 Å². The average molecular weight is 363 g/mol. The molecule has 0 aromatic heterocycles. The van der Waals surface area contributed by atoms with Crippen molar-refractivity contribution in [3.63, 3.8) is 0 Å². The first-order valence-corrected chi connectivity index (χ1v) is 8.49. The van der Waals surface area contributed by atoms with E-state index in [1.807, 2.05) is 11.0 Å². The Bertz CT molecular complexity index is 776. The molecule has 0 radical (unpaired) electrons. The van der Waals surface area contributed by atoms with Gasteiger partial charge in [0.05, 0.1) is 5.69 Å². The van der Waals surface area contributed by atoms with Crippen molar-refractivity contribution >= 4 is 17.3 Å². The number of benzene rings is 2. The number of piperazine rings is 1. The lowest BCUT2D eigenvalue weighted by molar-refractivity contribution is -0.116. The van der Waals surface area contributed by atoms with Crippen molar-refractivity contribution < 1.29 is 18.0 Å². The zero-order valence-electron chi connectivity index (χ0n) is 14.2. The molecule has 0 spiro atoms. The van der Waals surface area contributed by atoms with Crippen LogP contribution in [0.25, 0.3) is 0 Å². The van der Waals surface area contributed by atoms with Crippen molar-refractivity contribution in [2.45, 2.75) is 6.42 Å². The van der Waals surface area contributed by atoms with Gasteiger partial charge in [-0.1, -0.05) is 12.1 Å². The zero-order valence-corrected chi connectivity index (χ0v) is 14.2. The van der Waals surface area contributed by atoms with Crippen LogP contribution in [0.5, 0.6) is 0 Å². The topological polar surface area (TPSA) is 35.6 Å². The number of carbonyl (C=O) groups excluding carboxylic acids is 1. The summed E-state index contributed by atoms with van der Waals surface area (Å²) < 4.78 is 39.9. The Kier molecular flexibility index (Phi) is 5.78. The van der Waals surface area contributed by atoms with Gasteiger partial charge in [0.15, 0.2) is 11.6 Å². The molecule has 0 bridgehead atoms. The van der Waals surface area contributed by atoms with Gasteiger partial charge in [-0.15, -0.1) is 0 Å². The number of amides is 1. The lowest BCUT2D eigenvalue weighted by atomic mass is 10.2. The standard InChI is InChI=1S/C19H20F3N3O/c20-15-6-5-14(13-17(15)22)23-19(26)7-8-24-9-11-25(12-10-24)18-4-2-1-3-16(18)21/h1-6,13H,7-12H2,(H,23,26). The molecular formula is C19H20F3N3O. The molecule has 4 nitrogen and oxygen atoms in total. The maximum atomic E-state index is 13.8. The normalized spacial score (nSPS) is 15.1. The van der Waals surface area contributed by atoms with Crippen molar-refractivity contribution in [3.8, 4) is 0 Å². The predicted octanol–water partition coefficient (Wildman–Crippen LogP) is 3.25. The number of nitrogens with zero attached hydrogens (tertiary/aromatic N) is 2. The molecule has 2 aromatic carbocycles. The number of rotatable bonds is 5. The van der Waals surface area contributed by atoms with E-state index in [1.54, 1.807) is 12.1 Å². The highest BCUT2D eigenvalue weighted by atomic mass is 19.2. The Balaban J connectivity index is 1.44. The molecular weight excluding hydrogens is 343 g/mol. The minimum atomic E-state index is -0.993. The number of carbonyl (C=O) groups is 1. The lowest BCUT2D eigenvalue weighted by Gasteiger charge is -2.36. The predicted molar refractivity (Wildman–Crippen MR) is 94.7 cm³/mol. The van der Waals surface area contributed by atoms with E-state index in [2.05, 4.69) is 10.2 Å². The summed E-state index contributed by atoms with van der Waals surface area (Å²) in [6.45, 7) is 3.39. The summed E-state index contributed by atoms with van der Waals surface area (Å²) in [6, 6.07) is 9.95. The van der Waals surface area contributed by atoms with Crippen molar-refractivity contribution in [1.82, 2.24) is 4.90 Å². The molecule has 0 unspecified atom stereocenters. The fraction of sp³-hybridized carbons (Fsp3) is 0.316. The summed E-state index contributed by atoms with van der Waals surface area (Å²) in [4.78, 5) is 16.1.